The average molecular weight is 280 g/mol. The Labute approximate surface area is 122 Å². The number of nitrogens with zero attached hydrogens (tertiary/aromatic N) is 2. The van der Waals surface area contributed by atoms with Gasteiger partial charge in [-0.3, -0.25) is 9.48 Å². The van der Waals surface area contributed by atoms with Gasteiger partial charge in [0.1, 0.15) is 0 Å². The molecule has 0 radical (unpaired) electrons. The molecule has 0 aromatic carbocycles. The number of aliphatic carboxylic acids is 1. The van der Waals surface area contributed by atoms with Gasteiger partial charge in [-0.2, -0.15) is 5.10 Å². The minimum Gasteiger partial charge on any atom is -0.481 e. The SMILES string of the molecule is CCCCCc1cc(CCC(=O)O)nn1CCCCC. The summed E-state index contributed by atoms with van der Waals surface area (Å²) in [6.45, 7) is 5.36. The van der Waals surface area contributed by atoms with Crippen molar-refractivity contribution < 1.29 is 9.90 Å². The summed E-state index contributed by atoms with van der Waals surface area (Å²) in [5, 5.41) is 13.3. The van der Waals surface area contributed by atoms with Gasteiger partial charge in [-0.15, -0.1) is 0 Å². The maximum Gasteiger partial charge on any atom is 0.303 e. The number of hydrogen-bond acceptors (Lipinski definition) is 2. The van der Waals surface area contributed by atoms with Crippen LogP contribution in [0, 0.1) is 0 Å². The van der Waals surface area contributed by atoms with Gasteiger partial charge in [0.25, 0.3) is 0 Å². The molecule has 0 atom stereocenters. The minimum atomic E-state index is -0.752. The molecule has 1 aromatic heterocycles. The van der Waals surface area contributed by atoms with Crippen LogP contribution in [0.2, 0.25) is 0 Å². The van der Waals surface area contributed by atoms with E-state index >= 15 is 0 Å². The molecule has 4 nitrogen and oxygen atoms in total. The number of hydrogen-bond donors (Lipinski definition) is 1. The molecule has 0 spiro atoms. The summed E-state index contributed by atoms with van der Waals surface area (Å²) >= 11 is 0. The van der Waals surface area contributed by atoms with E-state index in [1.807, 2.05) is 0 Å². The molecule has 0 amide bonds. The van der Waals surface area contributed by atoms with Gasteiger partial charge in [0.2, 0.25) is 0 Å². The van der Waals surface area contributed by atoms with E-state index in [4.69, 9.17) is 5.11 Å². The second kappa shape index (κ2) is 9.56. The lowest BCUT2D eigenvalue weighted by atomic mass is 10.1. The molecule has 0 fully saturated rings. The van der Waals surface area contributed by atoms with E-state index in [0.29, 0.717) is 6.42 Å². The molecule has 0 unspecified atom stereocenters. The number of aryl methyl sites for hydroxylation is 3. The molecule has 0 aliphatic carbocycles. The standard InChI is InChI=1S/C16H28N2O2/c1-3-5-7-9-15-13-14(10-11-16(19)20)17-18(15)12-8-6-4-2/h13H,3-12H2,1-2H3,(H,19,20). The van der Waals surface area contributed by atoms with Crippen LogP contribution >= 0.6 is 0 Å². The Hall–Kier alpha value is -1.32. The first-order chi connectivity index (χ1) is 9.67. The van der Waals surface area contributed by atoms with Crippen molar-refractivity contribution >= 4 is 5.97 Å². The molecule has 1 heterocycles. The van der Waals surface area contributed by atoms with E-state index in [1.54, 1.807) is 0 Å². The van der Waals surface area contributed by atoms with Crippen LogP contribution in [0.5, 0.6) is 0 Å². The molecule has 1 N–H and O–H groups in total. The third-order valence-electron chi connectivity index (χ3n) is 3.52. The quantitative estimate of drug-likeness (QED) is 0.627. The number of rotatable bonds is 11. The van der Waals surface area contributed by atoms with Crippen molar-refractivity contribution in [1.82, 2.24) is 9.78 Å². The predicted octanol–water partition coefficient (Wildman–Crippen LogP) is 3.82. The van der Waals surface area contributed by atoms with Gasteiger partial charge in [-0.1, -0.05) is 39.5 Å². The Bertz CT molecular complexity index is 372. The largest absolute Gasteiger partial charge is 0.481 e. The van der Waals surface area contributed by atoms with Gasteiger partial charge < -0.3 is 5.11 Å². The Morgan fingerprint density at radius 2 is 1.85 bits per heavy atom. The molecule has 1 aromatic rings. The first-order valence-corrected chi connectivity index (χ1v) is 7.94. The third kappa shape index (κ3) is 6.22. The van der Waals surface area contributed by atoms with Crippen molar-refractivity contribution in [2.45, 2.75) is 78.2 Å². The number of carboxylic acid groups (broad SMARTS) is 1. The van der Waals surface area contributed by atoms with E-state index in [1.165, 1.54) is 37.8 Å². The zero-order valence-electron chi connectivity index (χ0n) is 12.9. The monoisotopic (exact) mass is 280 g/mol. The lowest BCUT2D eigenvalue weighted by Gasteiger charge is -2.06. The number of aromatic nitrogens is 2. The van der Waals surface area contributed by atoms with Crippen molar-refractivity contribution in [2.24, 2.45) is 0 Å². The Morgan fingerprint density at radius 3 is 2.50 bits per heavy atom. The van der Waals surface area contributed by atoms with Gasteiger partial charge in [-0.05, 0) is 25.3 Å². The van der Waals surface area contributed by atoms with E-state index in [2.05, 4.69) is 29.7 Å². The molecule has 20 heavy (non-hydrogen) atoms. The summed E-state index contributed by atoms with van der Waals surface area (Å²) < 4.78 is 2.10. The smallest absolute Gasteiger partial charge is 0.303 e. The number of carboxylic acids is 1. The van der Waals surface area contributed by atoms with Crippen LogP contribution in [0.15, 0.2) is 6.07 Å². The van der Waals surface area contributed by atoms with Gasteiger partial charge in [-0.25, -0.2) is 0 Å². The highest BCUT2D eigenvalue weighted by Crippen LogP contribution is 2.12. The molecule has 114 valence electrons. The van der Waals surface area contributed by atoms with Crippen molar-refractivity contribution in [3.63, 3.8) is 0 Å². The summed E-state index contributed by atoms with van der Waals surface area (Å²) in [5.41, 5.74) is 2.20. The van der Waals surface area contributed by atoms with Gasteiger partial charge in [0.15, 0.2) is 0 Å². The fourth-order valence-corrected chi connectivity index (χ4v) is 2.33. The van der Waals surface area contributed by atoms with Gasteiger partial charge >= 0.3 is 5.97 Å². The second-order valence-electron chi connectivity index (χ2n) is 5.41. The Balaban J connectivity index is 2.62. The van der Waals surface area contributed by atoms with Crippen molar-refractivity contribution in [3.8, 4) is 0 Å². The molecule has 0 aliphatic rings. The molecular formula is C16H28N2O2. The summed E-state index contributed by atoms with van der Waals surface area (Å²) in [6.07, 6.45) is 8.99. The normalized spacial score (nSPS) is 10.9. The van der Waals surface area contributed by atoms with Crippen LogP contribution in [-0.2, 0) is 24.2 Å². The summed E-state index contributed by atoms with van der Waals surface area (Å²) in [4.78, 5) is 10.7. The molecular weight excluding hydrogens is 252 g/mol. The highest BCUT2D eigenvalue weighted by atomic mass is 16.4. The van der Waals surface area contributed by atoms with E-state index < -0.39 is 5.97 Å². The zero-order chi connectivity index (χ0) is 14.8. The highest BCUT2D eigenvalue weighted by Gasteiger charge is 2.09. The molecule has 0 aliphatic heterocycles. The lowest BCUT2D eigenvalue weighted by molar-refractivity contribution is -0.136. The number of carbonyl (C=O) groups is 1. The summed E-state index contributed by atoms with van der Waals surface area (Å²) in [7, 11) is 0. The Kier molecular flexibility index (Phi) is 8.00. The van der Waals surface area contributed by atoms with Crippen LogP contribution in [-0.4, -0.2) is 20.9 Å². The second-order valence-corrected chi connectivity index (χ2v) is 5.41. The molecule has 0 saturated carbocycles. The maximum atomic E-state index is 10.7. The topological polar surface area (TPSA) is 55.1 Å². The molecule has 4 heteroatoms. The fraction of sp³-hybridized carbons (Fsp3) is 0.750. The van der Waals surface area contributed by atoms with Crippen LogP contribution in [0.4, 0.5) is 0 Å². The number of unbranched alkanes of at least 4 members (excludes halogenated alkanes) is 4. The first-order valence-electron chi connectivity index (χ1n) is 7.94. The Morgan fingerprint density at radius 1 is 1.15 bits per heavy atom. The van der Waals surface area contributed by atoms with Crippen LogP contribution in [0.1, 0.15) is 70.2 Å². The van der Waals surface area contributed by atoms with E-state index in [0.717, 1.165) is 25.1 Å². The van der Waals surface area contributed by atoms with Crippen molar-refractivity contribution in [3.05, 3.63) is 17.5 Å². The van der Waals surface area contributed by atoms with E-state index in [9.17, 15) is 4.79 Å². The first kappa shape index (κ1) is 16.7. The molecule has 0 saturated heterocycles. The van der Waals surface area contributed by atoms with Crippen LogP contribution < -0.4 is 0 Å². The van der Waals surface area contributed by atoms with Crippen LogP contribution in [0.25, 0.3) is 0 Å². The highest BCUT2D eigenvalue weighted by molar-refractivity contribution is 5.66. The predicted molar refractivity (Wildman–Crippen MR) is 80.9 cm³/mol. The van der Waals surface area contributed by atoms with Gasteiger partial charge in [0.05, 0.1) is 12.1 Å². The lowest BCUT2D eigenvalue weighted by Crippen LogP contribution is -2.06. The zero-order valence-corrected chi connectivity index (χ0v) is 12.9. The van der Waals surface area contributed by atoms with Crippen molar-refractivity contribution in [1.29, 1.82) is 0 Å². The molecule has 1 rings (SSSR count). The molecule has 0 bridgehead atoms. The fourth-order valence-electron chi connectivity index (χ4n) is 2.33. The van der Waals surface area contributed by atoms with Crippen LogP contribution in [0.3, 0.4) is 0 Å². The van der Waals surface area contributed by atoms with E-state index in [-0.39, 0.29) is 6.42 Å². The average Bonchev–Trinajstić information content (AvgIpc) is 2.80. The maximum absolute atomic E-state index is 10.7. The minimum absolute atomic E-state index is 0.167. The summed E-state index contributed by atoms with van der Waals surface area (Å²) in [5.74, 6) is -0.752. The third-order valence-corrected chi connectivity index (χ3v) is 3.52. The van der Waals surface area contributed by atoms with Crippen molar-refractivity contribution in [2.75, 3.05) is 0 Å². The van der Waals surface area contributed by atoms with Gasteiger partial charge in [0, 0.05) is 18.7 Å². The summed E-state index contributed by atoms with van der Waals surface area (Å²) in [6, 6.07) is 2.10.